The Kier molecular flexibility index (Phi) is 3.94. The van der Waals surface area contributed by atoms with Gasteiger partial charge in [0.2, 0.25) is 0 Å². The van der Waals surface area contributed by atoms with E-state index in [-0.39, 0.29) is 11.7 Å². The zero-order valence-electron chi connectivity index (χ0n) is 10.3. The molecule has 0 aliphatic rings. The van der Waals surface area contributed by atoms with Crippen LogP contribution < -0.4 is 0 Å². The molecule has 0 radical (unpaired) electrons. The monoisotopic (exact) mass is 304 g/mol. The second-order valence-electron chi connectivity index (χ2n) is 4.15. The molecular formula is C13H9ClF4N2. The van der Waals surface area contributed by atoms with E-state index in [4.69, 9.17) is 11.6 Å². The number of alkyl halides is 4. The van der Waals surface area contributed by atoms with E-state index in [0.717, 1.165) is 12.1 Å². The van der Waals surface area contributed by atoms with Crippen molar-refractivity contribution in [2.24, 2.45) is 0 Å². The summed E-state index contributed by atoms with van der Waals surface area (Å²) in [5.74, 6) is -0.939. The van der Waals surface area contributed by atoms with Crippen molar-refractivity contribution in [3.8, 4) is 11.4 Å². The number of benzene rings is 1. The van der Waals surface area contributed by atoms with Crippen LogP contribution in [0.2, 0.25) is 0 Å². The highest BCUT2D eigenvalue weighted by molar-refractivity contribution is 6.16. The van der Waals surface area contributed by atoms with Crippen LogP contribution in [0.25, 0.3) is 11.4 Å². The van der Waals surface area contributed by atoms with Gasteiger partial charge in [-0.3, -0.25) is 0 Å². The van der Waals surface area contributed by atoms with Gasteiger partial charge in [0.15, 0.2) is 5.82 Å². The van der Waals surface area contributed by atoms with E-state index < -0.39 is 23.1 Å². The minimum Gasteiger partial charge on any atom is -0.233 e. The summed E-state index contributed by atoms with van der Waals surface area (Å²) < 4.78 is 52.1. The Hall–Kier alpha value is -1.69. The van der Waals surface area contributed by atoms with Crippen molar-refractivity contribution in [3.05, 3.63) is 47.0 Å². The maximum atomic E-state index is 13.3. The first-order chi connectivity index (χ1) is 9.31. The number of halogens is 5. The molecule has 2 rings (SSSR count). The normalized spacial score (nSPS) is 11.7. The molecule has 0 aliphatic carbocycles. The Morgan fingerprint density at radius 3 is 2.45 bits per heavy atom. The van der Waals surface area contributed by atoms with Crippen LogP contribution in [0.15, 0.2) is 24.3 Å². The van der Waals surface area contributed by atoms with Crippen LogP contribution >= 0.6 is 11.6 Å². The van der Waals surface area contributed by atoms with E-state index in [1.807, 2.05) is 0 Å². The Morgan fingerprint density at radius 1 is 1.15 bits per heavy atom. The van der Waals surface area contributed by atoms with E-state index >= 15 is 0 Å². The highest BCUT2D eigenvalue weighted by Gasteiger charge is 2.34. The molecule has 0 amide bonds. The van der Waals surface area contributed by atoms with Gasteiger partial charge in [0.1, 0.15) is 5.82 Å². The second-order valence-corrected chi connectivity index (χ2v) is 4.41. The molecule has 20 heavy (non-hydrogen) atoms. The molecule has 1 aromatic heterocycles. The summed E-state index contributed by atoms with van der Waals surface area (Å²) in [6, 6.07) is 3.76. The zero-order valence-corrected chi connectivity index (χ0v) is 11.1. The van der Waals surface area contributed by atoms with Gasteiger partial charge in [0.25, 0.3) is 0 Å². The minimum absolute atomic E-state index is 0.0347. The van der Waals surface area contributed by atoms with Gasteiger partial charge in [-0.2, -0.15) is 13.2 Å². The molecule has 0 bridgehead atoms. The van der Waals surface area contributed by atoms with E-state index in [2.05, 4.69) is 9.97 Å². The lowest BCUT2D eigenvalue weighted by Crippen LogP contribution is -2.09. The SMILES string of the molecule is Cc1cc(CCl)nc(-c2cc(F)ccc2C(F)(F)F)n1. The molecule has 0 fully saturated rings. The largest absolute Gasteiger partial charge is 0.417 e. The van der Waals surface area contributed by atoms with Crippen molar-refractivity contribution >= 4 is 11.6 Å². The number of nitrogens with zero attached hydrogens (tertiary/aromatic N) is 2. The Morgan fingerprint density at radius 2 is 1.85 bits per heavy atom. The fraction of sp³-hybridized carbons (Fsp3) is 0.231. The van der Waals surface area contributed by atoms with Crippen LogP contribution in [-0.2, 0) is 12.1 Å². The number of hydrogen-bond acceptors (Lipinski definition) is 2. The molecule has 1 heterocycles. The summed E-state index contributed by atoms with van der Waals surface area (Å²) in [6.07, 6.45) is -4.61. The van der Waals surface area contributed by atoms with E-state index in [0.29, 0.717) is 17.5 Å². The van der Waals surface area contributed by atoms with E-state index in [1.165, 1.54) is 0 Å². The van der Waals surface area contributed by atoms with Crippen molar-refractivity contribution in [3.63, 3.8) is 0 Å². The van der Waals surface area contributed by atoms with Crippen molar-refractivity contribution < 1.29 is 17.6 Å². The minimum atomic E-state index is -4.61. The van der Waals surface area contributed by atoms with Gasteiger partial charge in [-0.1, -0.05) is 0 Å². The molecule has 0 saturated carbocycles. The lowest BCUT2D eigenvalue weighted by Gasteiger charge is -2.12. The summed E-state index contributed by atoms with van der Waals surface area (Å²) in [7, 11) is 0. The Balaban J connectivity index is 2.68. The van der Waals surface area contributed by atoms with Gasteiger partial charge < -0.3 is 0 Å². The topological polar surface area (TPSA) is 25.8 Å². The number of hydrogen-bond donors (Lipinski definition) is 0. The Bertz CT molecular complexity index is 641. The van der Waals surface area contributed by atoms with Gasteiger partial charge in [0, 0.05) is 11.3 Å². The third kappa shape index (κ3) is 3.07. The molecule has 0 aliphatic heterocycles. The lowest BCUT2D eigenvalue weighted by atomic mass is 10.1. The molecule has 0 atom stereocenters. The van der Waals surface area contributed by atoms with Crippen LogP contribution in [0.3, 0.4) is 0 Å². The molecule has 0 unspecified atom stereocenters. The molecule has 0 saturated heterocycles. The first kappa shape index (κ1) is 14.7. The average Bonchev–Trinajstić information content (AvgIpc) is 2.36. The summed E-state index contributed by atoms with van der Waals surface area (Å²) in [6.45, 7) is 1.60. The van der Waals surface area contributed by atoms with Crippen molar-refractivity contribution in [2.75, 3.05) is 0 Å². The van der Waals surface area contributed by atoms with E-state index in [9.17, 15) is 17.6 Å². The summed E-state index contributed by atoms with van der Waals surface area (Å²) in [4.78, 5) is 7.86. The average molecular weight is 305 g/mol. The van der Waals surface area contributed by atoms with Gasteiger partial charge in [0.05, 0.1) is 17.1 Å². The van der Waals surface area contributed by atoms with Gasteiger partial charge >= 0.3 is 6.18 Å². The van der Waals surface area contributed by atoms with Gasteiger partial charge in [-0.05, 0) is 31.2 Å². The highest BCUT2D eigenvalue weighted by Crippen LogP contribution is 2.36. The quantitative estimate of drug-likeness (QED) is 0.609. The van der Waals surface area contributed by atoms with Crippen molar-refractivity contribution in [1.82, 2.24) is 9.97 Å². The predicted octanol–water partition coefficient (Wildman–Crippen LogP) is 4.35. The van der Waals surface area contributed by atoms with Crippen LogP contribution in [0.1, 0.15) is 17.0 Å². The molecule has 2 aromatic rings. The number of aromatic nitrogens is 2. The fourth-order valence-electron chi connectivity index (χ4n) is 1.77. The van der Waals surface area contributed by atoms with Crippen LogP contribution in [0.4, 0.5) is 17.6 Å². The molecule has 0 spiro atoms. The van der Waals surface area contributed by atoms with Crippen LogP contribution in [0, 0.1) is 12.7 Å². The smallest absolute Gasteiger partial charge is 0.233 e. The Labute approximate surface area is 117 Å². The standard InChI is InChI=1S/C13H9ClF4N2/c1-7-4-9(6-14)20-12(19-7)10-5-8(15)2-3-11(10)13(16,17)18/h2-5H,6H2,1H3. The van der Waals surface area contributed by atoms with Crippen LogP contribution in [0.5, 0.6) is 0 Å². The number of aryl methyl sites for hydroxylation is 1. The highest BCUT2D eigenvalue weighted by atomic mass is 35.5. The molecule has 0 N–H and O–H groups in total. The maximum Gasteiger partial charge on any atom is 0.417 e. The first-order valence-electron chi connectivity index (χ1n) is 5.59. The molecule has 106 valence electrons. The fourth-order valence-corrected chi connectivity index (χ4v) is 1.91. The lowest BCUT2D eigenvalue weighted by molar-refractivity contribution is -0.137. The van der Waals surface area contributed by atoms with Crippen LogP contribution in [-0.4, -0.2) is 9.97 Å². The molecule has 7 heteroatoms. The summed E-state index contributed by atoms with van der Waals surface area (Å²) >= 11 is 5.63. The third-order valence-corrected chi connectivity index (χ3v) is 2.85. The summed E-state index contributed by atoms with van der Waals surface area (Å²) in [5, 5.41) is 0. The first-order valence-corrected chi connectivity index (χ1v) is 6.12. The van der Waals surface area contributed by atoms with Crippen molar-refractivity contribution in [1.29, 1.82) is 0 Å². The van der Waals surface area contributed by atoms with Gasteiger partial charge in [-0.15, -0.1) is 11.6 Å². The predicted molar refractivity (Wildman–Crippen MR) is 66.7 cm³/mol. The number of rotatable bonds is 2. The summed E-state index contributed by atoms with van der Waals surface area (Å²) in [5.41, 5.74) is -0.535. The molecule has 2 nitrogen and oxygen atoms in total. The molecule has 1 aromatic carbocycles. The zero-order chi connectivity index (χ0) is 14.9. The van der Waals surface area contributed by atoms with Crippen molar-refractivity contribution in [2.45, 2.75) is 19.0 Å². The van der Waals surface area contributed by atoms with E-state index in [1.54, 1.807) is 13.0 Å². The second kappa shape index (κ2) is 5.36. The molecular weight excluding hydrogens is 296 g/mol. The maximum absolute atomic E-state index is 13.3. The van der Waals surface area contributed by atoms with Gasteiger partial charge in [-0.25, -0.2) is 14.4 Å². The third-order valence-electron chi connectivity index (χ3n) is 2.57.